The van der Waals surface area contributed by atoms with Gasteiger partial charge in [0, 0.05) is 21.3 Å². The number of nitrogens with zero attached hydrogens (tertiary/aromatic N) is 1. The van der Waals surface area contributed by atoms with Gasteiger partial charge in [0.25, 0.3) is 5.91 Å². The van der Waals surface area contributed by atoms with E-state index < -0.39 is 5.91 Å². The van der Waals surface area contributed by atoms with Crippen LogP contribution in [0, 0.1) is 11.3 Å². The van der Waals surface area contributed by atoms with Crippen molar-refractivity contribution < 1.29 is 14.3 Å². The lowest BCUT2D eigenvalue weighted by Gasteiger charge is -2.08. The quantitative estimate of drug-likeness (QED) is 0.345. The molecule has 1 amide bonds. The van der Waals surface area contributed by atoms with Crippen molar-refractivity contribution in [2.75, 3.05) is 12.4 Å². The summed E-state index contributed by atoms with van der Waals surface area (Å²) in [4.78, 5) is 12.4. The van der Waals surface area contributed by atoms with Crippen LogP contribution < -0.4 is 14.8 Å². The molecule has 1 N–H and O–H groups in total. The number of anilines is 1. The van der Waals surface area contributed by atoms with Crippen LogP contribution in [0.2, 0.25) is 10.0 Å². The maximum atomic E-state index is 12.4. The molecule has 0 saturated heterocycles. The Kier molecular flexibility index (Phi) is 7.55. The normalized spacial score (nSPS) is 10.8. The second kappa shape index (κ2) is 10.5. The Bertz CT molecular complexity index is 1130. The van der Waals surface area contributed by atoms with Crippen molar-refractivity contribution in [1.29, 1.82) is 5.26 Å². The summed E-state index contributed by atoms with van der Waals surface area (Å²) in [7, 11) is 1.56. The molecule has 7 heteroatoms. The molecule has 31 heavy (non-hydrogen) atoms. The van der Waals surface area contributed by atoms with E-state index in [4.69, 9.17) is 32.7 Å². The fourth-order valence-corrected chi connectivity index (χ4v) is 3.11. The third kappa shape index (κ3) is 6.26. The summed E-state index contributed by atoms with van der Waals surface area (Å²) >= 11 is 12.0. The largest absolute Gasteiger partial charge is 0.497 e. The van der Waals surface area contributed by atoms with E-state index in [9.17, 15) is 10.1 Å². The molecular formula is C24H18Cl2N2O3. The van der Waals surface area contributed by atoms with E-state index >= 15 is 0 Å². The number of hydrogen-bond donors (Lipinski definition) is 1. The Balaban J connectivity index is 1.64. The van der Waals surface area contributed by atoms with Gasteiger partial charge in [-0.25, -0.2) is 0 Å². The van der Waals surface area contributed by atoms with Gasteiger partial charge < -0.3 is 14.8 Å². The number of halogens is 2. The molecule has 0 aromatic heterocycles. The van der Waals surface area contributed by atoms with Crippen LogP contribution in [0.1, 0.15) is 11.1 Å². The van der Waals surface area contributed by atoms with Gasteiger partial charge in [-0.2, -0.15) is 5.26 Å². The highest BCUT2D eigenvalue weighted by Crippen LogP contribution is 2.23. The minimum absolute atomic E-state index is 0.0163. The summed E-state index contributed by atoms with van der Waals surface area (Å²) in [6.45, 7) is 0.291. The average Bonchev–Trinajstić information content (AvgIpc) is 2.78. The highest BCUT2D eigenvalue weighted by molar-refractivity contribution is 6.35. The summed E-state index contributed by atoms with van der Waals surface area (Å²) in [5.41, 5.74) is 2.06. The van der Waals surface area contributed by atoms with Crippen LogP contribution >= 0.6 is 23.2 Å². The molecule has 0 aliphatic rings. The summed E-state index contributed by atoms with van der Waals surface area (Å²) < 4.78 is 10.8. The molecule has 0 atom stereocenters. The van der Waals surface area contributed by atoms with E-state index in [-0.39, 0.29) is 5.57 Å². The Morgan fingerprint density at radius 3 is 2.32 bits per heavy atom. The molecule has 0 spiro atoms. The minimum atomic E-state index is -0.495. The first-order valence-corrected chi connectivity index (χ1v) is 9.98. The Hall–Kier alpha value is -3.46. The topological polar surface area (TPSA) is 71.3 Å². The first-order chi connectivity index (χ1) is 15.0. The Morgan fingerprint density at radius 2 is 1.71 bits per heavy atom. The van der Waals surface area contributed by atoms with E-state index in [1.165, 1.54) is 6.08 Å². The lowest BCUT2D eigenvalue weighted by molar-refractivity contribution is -0.112. The number of ether oxygens (including phenoxy) is 2. The smallest absolute Gasteiger partial charge is 0.266 e. The van der Waals surface area contributed by atoms with E-state index in [0.29, 0.717) is 39.4 Å². The van der Waals surface area contributed by atoms with E-state index in [1.54, 1.807) is 67.8 Å². The van der Waals surface area contributed by atoms with Crippen molar-refractivity contribution in [1.82, 2.24) is 0 Å². The van der Waals surface area contributed by atoms with Gasteiger partial charge in [-0.1, -0.05) is 41.4 Å². The highest BCUT2D eigenvalue weighted by Gasteiger charge is 2.10. The van der Waals surface area contributed by atoms with Gasteiger partial charge in [0.05, 0.1) is 7.11 Å². The zero-order valence-electron chi connectivity index (χ0n) is 16.6. The molecule has 0 radical (unpaired) electrons. The maximum Gasteiger partial charge on any atom is 0.266 e. The van der Waals surface area contributed by atoms with Gasteiger partial charge >= 0.3 is 0 Å². The zero-order chi connectivity index (χ0) is 22.2. The standard InChI is InChI=1S/C24H18Cl2N2O3/c1-30-21-10-6-20(7-11-21)28-24(29)18(14-27)12-16-2-8-22(9-3-16)31-15-17-4-5-19(25)13-23(17)26/h2-13H,15H2,1H3,(H,28,29)/b18-12-. The minimum Gasteiger partial charge on any atom is -0.497 e. The molecular weight excluding hydrogens is 435 g/mol. The number of nitrogens with one attached hydrogen (secondary N) is 1. The molecule has 5 nitrogen and oxygen atoms in total. The molecule has 3 aromatic carbocycles. The molecule has 0 fully saturated rings. The first-order valence-electron chi connectivity index (χ1n) is 9.22. The number of hydrogen-bond acceptors (Lipinski definition) is 4. The second-order valence-corrected chi connectivity index (χ2v) is 7.29. The van der Waals surface area contributed by atoms with Crippen LogP contribution in [-0.4, -0.2) is 13.0 Å². The molecule has 0 bridgehead atoms. The lowest BCUT2D eigenvalue weighted by atomic mass is 10.1. The third-order valence-corrected chi connectivity index (χ3v) is 4.90. The van der Waals surface area contributed by atoms with E-state index in [1.807, 2.05) is 12.1 Å². The predicted molar refractivity (Wildman–Crippen MR) is 122 cm³/mol. The van der Waals surface area contributed by atoms with Crippen LogP contribution in [0.5, 0.6) is 11.5 Å². The summed E-state index contributed by atoms with van der Waals surface area (Å²) in [5, 5.41) is 13.2. The SMILES string of the molecule is COc1ccc(NC(=O)/C(C#N)=C\c2ccc(OCc3ccc(Cl)cc3Cl)cc2)cc1. The number of methoxy groups -OCH3 is 1. The number of nitriles is 1. The van der Waals surface area contributed by atoms with E-state index in [2.05, 4.69) is 5.32 Å². The zero-order valence-corrected chi connectivity index (χ0v) is 18.1. The van der Waals surface area contributed by atoms with Crippen molar-refractivity contribution in [2.45, 2.75) is 6.61 Å². The van der Waals surface area contributed by atoms with Crippen LogP contribution in [0.25, 0.3) is 6.08 Å². The van der Waals surface area contributed by atoms with Gasteiger partial charge in [0.2, 0.25) is 0 Å². The number of carbonyl (C=O) groups is 1. The summed E-state index contributed by atoms with van der Waals surface area (Å²) in [5.74, 6) is 0.810. The molecule has 3 rings (SSSR count). The van der Waals surface area contributed by atoms with Crippen LogP contribution in [-0.2, 0) is 11.4 Å². The lowest BCUT2D eigenvalue weighted by Crippen LogP contribution is -2.13. The molecule has 156 valence electrons. The molecule has 0 heterocycles. The van der Waals surface area contributed by atoms with Crippen molar-refractivity contribution in [3.05, 3.63) is 93.5 Å². The van der Waals surface area contributed by atoms with Crippen molar-refractivity contribution in [3.8, 4) is 17.6 Å². The molecule has 0 aliphatic heterocycles. The molecule has 0 saturated carbocycles. The number of amides is 1. The van der Waals surface area contributed by atoms with Gasteiger partial charge in [-0.3, -0.25) is 4.79 Å². The van der Waals surface area contributed by atoms with Crippen molar-refractivity contribution in [3.63, 3.8) is 0 Å². The Morgan fingerprint density at radius 1 is 1.03 bits per heavy atom. The van der Waals surface area contributed by atoms with Gasteiger partial charge in [0.15, 0.2) is 0 Å². The fraction of sp³-hybridized carbons (Fsp3) is 0.0833. The van der Waals surface area contributed by atoms with Gasteiger partial charge in [-0.05, 0) is 60.2 Å². The monoisotopic (exact) mass is 452 g/mol. The predicted octanol–water partition coefficient (Wildman–Crippen LogP) is 6.13. The van der Waals surface area contributed by atoms with Crippen molar-refractivity contribution in [2.24, 2.45) is 0 Å². The average molecular weight is 453 g/mol. The Labute approximate surface area is 190 Å². The first kappa shape index (κ1) is 22.2. The summed E-state index contributed by atoms with van der Waals surface area (Å²) in [6, 6.07) is 21.0. The molecule has 0 unspecified atom stereocenters. The van der Waals surface area contributed by atoms with Crippen LogP contribution in [0.3, 0.4) is 0 Å². The maximum absolute atomic E-state index is 12.4. The van der Waals surface area contributed by atoms with E-state index in [0.717, 1.165) is 5.56 Å². The highest BCUT2D eigenvalue weighted by atomic mass is 35.5. The summed E-state index contributed by atoms with van der Waals surface area (Å²) in [6.07, 6.45) is 1.51. The molecule has 0 aliphatic carbocycles. The van der Waals surface area contributed by atoms with Crippen molar-refractivity contribution >= 4 is 40.9 Å². The number of benzene rings is 3. The second-order valence-electron chi connectivity index (χ2n) is 6.45. The van der Waals surface area contributed by atoms with Crippen LogP contribution in [0.15, 0.2) is 72.3 Å². The van der Waals surface area contributed by atoms with Gasteiger partial charge in [-0.15, -0.1) is 0 Å². The third-order valence-electron chi connectivity index (χ3n) is 4.31. The fourth-order valence-electron chi connectivity index (χ4n) is 2.65. The number of carbonyl (C=O) groups excluding carboxylic acids is 1. The number of rotatable bonds is 7. The molecule has 3 aromatic rings. The van der Waals surface area contributed by atoms with Crippen LogP contribution in [0.4, 0.5) is 5.69 Å². The van der Waals surface area contributed by atoms with Gasteiger partial charge in [0.1, 0.15) is 29.7 Å².